The number of hydrogen-bond donors (Lipinski definition) is 1. The maximum atomic E-state index is 12.5. The van der Waals surface area contributed by atoms with Gasteiger partial charge in [-0.2, -0.15) is 5.26 Å². The van der Waals surface area contributed by atoms with E-state index < -0.39 is 5.54 Å². The Hall–Kier alpha value is -1.04. The van der Waals surface area contributed by atoms with Gasteiger partial charge in [0.25, 0.3) is 0 Å². The van der Waals surface area contributed by atoms with Crippen LogP contribution in [0.2, 0.25) is 0 Å². The highest BCUT2D eigenvalue weighted by Gasteiger charge is 2.33. The average Bonchev–Trinajstić information content (AvgIpc) is 2.42. The van der Waals surface area contributed by atoms with Gasteiger partial charge in [-0.3, -0.25) is 4.79 Å². The van der Waals surface area contributed by atoms with Crippen molar-refractivity contribution in [2.75, 3.05) is 0 Å². The minimum absolute atomic E-state index is 0.0839. The Balaban J connectivity index is 2.68. The van der Waals surface area contributed by atoms with E-state index in [0.717, 1.165) is 51.4 Å². The van der Waals surface area contributed by atoms with Gasteiger partial charge in [0.15, 0.2) is 0 Å². The van der Waals surface area contributed by atoms with Crippen LogP contribution in [0, 0.1) is 17.2 Å². The summed E-state index contributed by atoms with van der Waals surface area (Å²) in [6.45, 7) is 4.23. The van der Waals surface area contributed by atoms with Crippen molar-refractivity contribution in [2.45, 2.75) is 90.0 Å². The van der Waals surface area contributed by atoms with Gasteiger partial charge in [0, 0.05) is 5.92 Å². The summed E-state index contributed by atoms with van der Waals surface area (Å²) in [7, 11) is 0. The van der Waals surface area contributed by atoms with Crippen LogP contribution in [0.4, 0.5) is 0 Å². The van der Waals surface area contributed by atoms with Crippen molar-refractivity contribution in [3.8, 4) is 6.07 Å². The molecular formula is C17H30N2O. The highest BCUT2D eigenvalue weighted by molar-refractivity contribution is 5.79. The minimum Gasteiger partial charge on any atom is -0.338 e. The summed E-state index contributed by atoms with van der Waals surface area (Å²) < 4.78 is 0. The molecule has 0 bridgehead atoms. The number of carbonyl (C=O) groups is 1. The molecule has 0 radical (unpaired) electrons. The third kappa shape index (κ3) is 5.15. The highest BCUT2D eigenvalue weighted by atomic mass is 16.2. The van der Waals surface area contributed by atoms with Crippen molar-refractivity contribution in [1.29, 1.82) is 5.26 Å². The largest absolute Gasteiger partial charge is 0.338 e. The van der Waals surface area contributed by atoms with Crippen molar-refractivity contribution < 1.29 is 4.79 Å². The van der Waals surface area contributed by atoms with E-state index in [1.807, 2.05) is 0 Å². The first kappa shape index (κ1) is 17.0. The smallest absolute Gasteiger partial charge is 0.224 e. The second-order valence-corrected chi connectivity index (χ2v) is 6.23. The fourth-order valence-corrected chi connectivity index (χ4v) is 3.21. The van der Waals surface area contributed by atoms with Gasteiger partial charge in [0.05, 0.1) is 6.07 Å². The van der Waals surface area contributed by atoms with Crippen LogP contribution in [0.3, 0.4) is 0 Å². The van der Waals surface area contributed by atoms with Crippen LogP contribution < -0.4 is 5.32 Å². The van der Waals surface area contributed by atoms with Gasteiger partial charge in [-0.25, -0.2) is 0 Å². The predicted molar refractivity (Wildman–Crippen MR) is 82.1 cm³/mol. The van der Waals surface area contributed by atoms with Crippen LogP contribution in [-0.4, -0.2) is 11.4 Å². The number of hydrogen-bond acceptors (Lipinski definition) is 2. The van der Waals surface area contributed by atoms with Crippen LogP contribution >= 0.6 is 0 Å². The summed E-state index contributed by atoms with van der Waals surface area (Å²) in [5, 5.41) is 12.7. The van der Waals surface area contributed by atoms with Crippen LogP contribution in [0.5, 0.6) is 0 Å². The standard InChI is InChI=1S/C17H30N2O/c1-3-10-15(11-4-2)16(20)19-17(14-18)12-8-6-5-7-9-13-17/h15H,3-13H2,1-2H3,(H,19,20). The number of nitrogens with zero attached hydrogens (tertiary/aromatic N) is 1. The van der Waals surface area contributed by atoms with Gasteiger partial charge < -0.3 is 5.32 Å². The Morgan fingerprint density at radius 2 is 1.60 bits per heavy atom. The zero-order valence-corrected chi connectivity index (χ0v) is 13.2. The Morgan fingerprint density at radius 1 is 1.10 bits per heavy atom. The average molecular weight is 278 g/mol. The topological polar surface area (TPSA) is 52.9 Å². The van der Waals surface area contributed by atoms with Gasteiger partial charge in [0.2, 0.25) is 5.91 Å². The van der Waals surface area contributed by atoms with E-state index in [-0.39, 0.29) is 11.8 Å². The third-order valence-electron chi connectivity index (χ3n) is 4.43. The molecule has 114 valence electrons. The molecule has 0 aromatic carbocycles. The van der Waals surface area contributed by atoms with E-state index in [9.17, 15) is 10.1 Å². The fourth-order valence-electron chi connectivity index (χ4n) is 3.21. The molecular weight excluding hydrogens is 248 g/mol. The molecule has 1 amide bonds. The lowest BCUT2D eigenvalue weighted by atomic mass is 9.84. The maximum Gasteiger partial charge on any atom is 0.224 e. The quantitative estimate of drug-likeness (QED) is 0.786. The normalized spacial score (nSPS) is 18.9. The van der Waals surface area contributed by atoms with E-state index in [0.29, 0.717) is 0 Å². The first-order valence-electron chi connectivity index (χ1n) is 8.40. The van der Waals surface area contributed by atoms with Gasteiger partial charge >= 0.3 is 0 Å². The molecule has 0 aromatic rings. The lowest BCUT2D eigenvalue weighted by Gasteiger charge is -2.31. The van der Waals surface area contributed by atoms with Crippen molar-refractivity contribution in [3.05, 3.63) is 0 Å². The second-order valence-electron chi connectivity index (χ2n) is 6.23. The molecule has 1 aliphatic rings. The van der Waals surface area contributed by atoms with Crippen LogP contribution in [0.1, 0.15) is 84.5 Å². The van der Waals surface area contributed by atoms with Gasteiger partial charge in [-0.05, 0) is 25.7 Å². The first-order valence-corrected chi connectivity index (χ1v) is 8.40. The van der Waals surface area contributed by atoms with Gasteiger partial charge in [-0.15, -0.1) is 0 Å². The number of carbonyl (C=O) groups excluding carboxylic acids is 1. The first-order chi connectivity index (χ1) is 9.67. The molecule has 3 nitrogen and oxygen atoms in total. The van der Waals surface area contributed by atoms with Crippen molar-refractivity contribution in [3.63, 3.8) is 0 Å². The number of amides is 1. The van der Waals surface area contributed by atoms with Gasteiger partial charge in [0.1, 0.15) is 5.54 Å². The Morgan fingerprint density at radius 3 is 2.05 bits per heavy atom. The molecule has 0 aliphatic heterocycles. The molecule has 1 aliphatic carbocycles. The zero-order chi connectivity index (χ0) is 14.8. The molecule has 3 heteroatoms. The lowest BCUT2D eigenvalue weighted by molar-refractivity contribution is -0.127. The lowest BCUT2D eigenvalue weighted by Crippen LogP contribution is -2.49. The Labute approximate surface area is 124 Å². The van der Waals surface area contributed by atoms with E-state index in [1.165, 1.54) is 19.3 Å². The SMILES string of the molecule is CCCC(CCC)C(=O)NC1(C#N)CCCCCCC1. The number of nitrogens with one attached hydrogen (secondary N) is 1. The summed E-state index contributed by atoms with van der Waals surface area (Å²) in [5.41, 5.74) is -0.600. The van der Waals surface area contributed by atoms with E-state index in [1.54, 1.807) is 0 Å². The van der Waals surface area contributed by atoms with Gasteiger partial charge in [-0.1, -0.05) is 58.8 Å². The van der Waals surface area contributed by atoms with Crippen molar-refractivity contribution in [2.24, 2.45) is 5.92 Å². The molecule has 0 saturated heterocycles. The Kier molecular flexibility index (Phi) is 7.65. The zero-order valence-electron chi connectivity index (χ0n) is 13.2. The fraction of sp³-hybridized carbons (Fsp3) is 0.882. The van der Waals surface area contributed by atoms with E-state index in [2.05, 4.69) is 25.2 Å². The maximum absolute atomic E-state index is 12.5. The molecule has 0 unspecified atom stereocenters. The molecule has 0 atom stereocenters. The molecule has 1 saturated carbocycles. The molecule has 1 N–H and O–H groups in total. The van der Waals surface area contributed by atoms with Crippen LogP contribution in [0.15, 0.2) is 0 Å². The number of nitriles is 1. The molecule has 0 spiro atoms. The molecule has 1 fully saturated rings. The van der Waals surface area contributed by atoms with E-state index in [4.69, 9.17) is 0 Å². The monoisotopic (exact) mass is 278 g/mol. The summed E-state index contributed by atoms with van der Waals surface area (Å²) >= 11 is 0. The summed E-state index contributed by atoms with van der Waals surface area (Å²) in [4.78, 5) is 12.5. The minimum atomic E-state index is -0.600. The molecule has 0 aromatic heterocycles. The third-order valence-corrected chi connectivity index (χ3v) is 4.43. The van der Waals surface area contributed by atoms with Crippen molar-refractivity contribution in [1.82, 2.24) is 5.32 Å². The van der Waals surface area contributed by atoms with Crippen molar-refractivity contribution >= 4 is 5.91 Å². The summed E-state index contributed by atoms with van der Waals surface area (Å²) in [6, 6.07) is 2.42. The number of rotatable bonds is 6. The predicted octanol–water partition coefficient (Wildman–Crippen LogP) is 4.33. The highest BCUT2D eigenvalue weighted by Crippen LogP contribution is 2.27. The second kappa shape index (κ2) is 9.00. The van der Waals surface area contributed by atoms with Crippen LogP contribution in [0.25, 0.3) is 0 Å². The molecule has 0 heterocycles. The summed E-state index contributed by atoms with van der Waals surface area (Å²) in [6.07, 6.45) is 11.3. The van der Waals surface area contributed by atoms with E-state index >= 15 is 0 Å². The van der Waals surface area contributed by atoms with Crippen LogP contribution in [-0.2, 0) is 4.79 Å². The Bertz CT molecular complexity index is 318. The summed E-state index contributed by atoms with van der Waals surface area (Å²) in [5.74, 6) is 0.191. The molecule has 20 heavy (non-hydrogen) atoms. The molecule has 1 rings (SSSR count).